The summed E-state index contributed by atoms with van der Waals surface area (Å²) in [5, 5.41) is 6.21. The van der Waals surface area contributed by atoms with E-state index in [1.807, 2.05) is 11.3 Å². The fraction of sp³-hybridized carbons (Fsp3) is 0.231. The first kappa shape index (κ1) is 31.2. The third-order valence-corrected chi connectivity index (χ3v) is 15.4. The molecule has 5 aliphatic carbocycles. The van der Waals surface area contributed by atoms with E-state index in [1.54, 1.807) is 16.7 Å². The molecule has 0 radical (unpaired) electrons. The number of thiophene rings is 1. The number of nitrogens with one attached hydrogen (secondary N) is 1. The molecule has 0 amide bonds. The molecule has 1 aromatic heterocycles. The van der Waals surface area contributed by atoms with Crippen LogP contribution >= 0.6 is 11.3 Å². The van der Waals surface area contributed by atoms with Crippen molar-refractivity contribution in [3.05, 3.63) is 183 Å². The van der Waals surface area contributed by atoms with Gasteiger partial charge in [-0.3, -0.25) is 0 Å². The van der Waals surface area contributed by atoms with Gasteiger partial charge in [0.15, 0.2) is 0 Å². The Morgan fingerprint density at radius 1 is 0.630 bits per heavy atom. The lowest BCUT2D eigenvalue weighted by atomic mass is 9.67. The van der Waals surface area contributed by atoms with Crippen molar-refractivity contribution in [2.75, 3.05) is 6.54 Å². The summed E-state index contributed by atoms with van der Waals surface area (Å²) in [6.07, 6.45) is 17.5. The van der Waals surface area contributed by atoms with E-state index in [2.05, 4.69) is 154 Å². The van der Waals surface area contributed by atoms with Gasteiger partial charge in [-0.05, 0) is 140 Å². The lowest BCUT2D eigenvalue weighted by Gasteiger charge is -2.36. The van der Waals surface area contributed by atoms with Gasteiger partial charge in [0.1, 0.15) is 0 Å². The number of fused-ring (bicyclic) bond motifs is 14. The quantitative estimate of drug-likeness (QED) is 0.188. The van der Waals surface area contributed by atoms with E-state index in [1.165, 1.54) is 113 Å². The average molecular weight is 714 g/mol. The zero-order valence-corrected chi connectivity index (χ0v) is 32.1. The largest absolute Gasteiger partial charge is 0.387 e. The predicted molar refractivity (Wildman–Crippen MR) is 229 cm³/mol. The van der Waals surface area contributed by atoms with Crippen molar-refractivity contribution in [3.8, 4) is 11.1 Å². The molecule has 2 unspecified atom stereocenters. The van der Waals surface area contributed by atoms with Crippen LogP contribution in [-0.4, -0.2) is 6.54 Å². The van der Waals surface area contributed by atoms with Crippen LogP contribution in [0.4, 0.5) is 0 Å². The normalized spacial score (nSPS) is 24.0. The highest BCUT2D eigenvalue weighted by molar-refractivity contribution is 7.25. The van der Waals surface area contributed by atoms with Crippen molar-refractivity contribution >= 4 is 48.2 Å². The number of allylic oxidation sites excluding steroid dienone is 8. The second-order valence-electron chi connectivity index (χ2n) is 17.3. The lowest BCUT2D eigenvalue weighted by molar-refractivity contribution is 0.514. The SMILES string of the molecule is CC1(c2ccc3sc4cc5c(cc4c3c2)C2(C3=C(CCCC3)c3ccccc32)c2ccccc2-5)C=CC2=C(C1)C(C)(C)c1cc(C3=CNCC=C3)ccc12. The highest BCUT2D eigenvalue weighted by atomic mass is 32.1. The molecule has 1 spiro atoms. The minimum atomic E-state index is -0.192. The molecule has 262 valence electrons. The van der Waals surface area contributed by atoms with Gasteiger partial charge in [0.25, 0.3) is 0 Å². The molecule has 1 N–H and O–H groups in total. The van der Waals surface area contributed by atoms with Crippen LogP contribution in [0.2, 0.25) is 0 Å². The maximum atomic E-state index is 3.39. The molecule has 54 heavy (non-hydrogen) atoms. The first-order valence-corrected chi connectivity index (χ1v) is 20.8. The van der Waals surface area contributed by atoms with Crippen molar-refractivity contribution in [2.24, 2.45) is 0 Å². The van der Waals surface area contributed by atoms with Crippen LogP contribution in [0.1, 0.15) is 97.4 Å². The summed E-state index contributed by atoms with van der Waals surface area (Å²) in [5.74, 6) is 0. The minimum absolute atomic E-state index is 0.0354. The second-order valence-corrected chi connectivity index (χ2v) is 18.4. The molecular weight excluding hydrogens is 671 g/mol. The fourth-order valence-corrected chi connectivity index (χ4v) is 12.7. The number of hydrogen-bond acceptors (Lipinski definition) is 2. The summed E-state index contributed by atoms with van der Waals surface area (Å²) < 4.78 is 2.78. The summed E-state index contributed by atoms with van der Waals surface area (Å²) >= 11 is 1.96. The maximum Gasteiger partial charge on any atom is 0.0685 e. The van der Waals surface area contributed by atoms with E-state index in [0.29, 0.717) is 0 Å². The van der Waals surface area contributed by atoms with Crippen molar-refractivity contribution in [1.82, 2.24) is 5.32 Å². The molecule has 2 atom stereocenters. The van der Waals surface area contributed by atoms with Crippen molar-refractivity contribution in [2.45, 2.75) is 69.1 Å². The van der Waals surface area contributed by atoms with Crippen LogP contribution in [0.5, 0.6) is 0 Å². The van der Waals surface area contributed by atoms with E-state index in [4.69, 9.17) is 0 Å². The Morgan fingerprint density at radius 3 is 2.28 bits per heavy atom. The van der Waals surface area contributed by atoms with Crippen LogP contribution < -0.4 is 5.32 Å². The minimum Gasteiger partial charge on any atom is -0.387 e. The average Bonchev–Trinajstić information content (AvgIpc) is 3.89. The van der Waals surface area contributed by atoms with E-state index in [0.717, 1.165) is 13.0 Å². The van der Waals surface area contributed by atoms with Crippen molar-refractivity contribution in [3.63, 3.8) is 0 Å². The molecule has 0 saturated carbocycles. The van der Waals surface area contributed by atoms with Crippen LogP contribution in [0, 0.1) is 0 Å². The van der Waals surface area contributed by atoms with Crippen molar-refractivity contribution in [1.29, 1.82) is 0 Å². The third-order valence-electron chi connectivity index (χ3n) is 14.2. The molecule has 2 heteroatoms. The van der Waals surface area contributed by atoms with E-state index < -0.39 is 0 Å². The highest BCUT2D eigenvalue weighted by Gasteiger charge is 2.53. The molecule has 1 nitrogen and oxygen atoms in total. The number of hydrogen-bond donors (Lipinski definition) is 1. The fourth-order valence-electron chi connectivity index (χ4n) is 11.6. The van der Waals surface area contributed by atoms with Crippen LogP contribution in [0.15, 0.2) is 139 Å². The summed E-state index contributed by atoms with van der Waals surface area (Å²) in [6.45, 7) is 8.25. The Kier molecular flexibility index (Phi) is 6.20. The van der Waals surface area contributed by atoms with Gasteiger partial charge < -0.3 is 5.32 Å². The molecular formula is C52H43NS. The van der Waals surface area contributed by atoms with Gasteiger partial charge in [-0.25, -0.2) is 0 Å². The molecule has 12 rings (SSSR count). The Morgan fingerprint density at radius 2 is 1.43 bits per heavy atom. The zero-order valence-electron chi connectivity index (χ0n) is 31.3. The maximum absolute atomic E-state index is 3.39. The lowest BCUT2D eigenvalue weighted by Crippen LogP contribution is -2.28. The molecule has 5 aromatic carbocycles. The summed E-state index contributed by atoms with van der Waals surface area (Å²) in [5.41, 5.74) is 21.6. The van der Waals surface area contributed by atoms with E-state index >= 15 is 0 Å². The van der Waals surface area contributed by atoms with Gasteiger partial charge in [-0.1, -0.05) is 117 Å². The molecule has 0 fully saturated rings. The van der Waals surface area contributed by atoms with Crippen LogP contribution in [0.3, 0.4) is 0 Å². The summed E-state index contributed by atoms with van der Waals surface area (Å²) in [4.78, 5) is 0. The summed E-state index contributed by atoms with van der Waals surface area (Å²) in [7, 11) is 0. The van der Waals surface area contributed by atoms with E-state index in [9.17, 15) is 0 Å². The first-order chi connectivity index (χ1) is 26.4. The summed E-state index contributed by atoms with van der Waals surface area (Å²) in [6, 6.07) is 38.4. The zero-order chi connectivity index (χ0) is 36.0. The van der Waals surface area contributed by atoms with Gasteiger partial charge in [0.2, 0.25) is 0 Å². The molecule has 6 aromatic rings. The third kappa shape index (κ3) is 3.90. The first-order valence-electron chi connectivity index (χ1n) is 20.0. The Hall–Kier alpha value is -5.18. The second kappa shape index (κ2) is 10.7. The number of benzene rings is 5. The Labute approximate surface area is 322 Å². The standard InChI is InChI=1S/C52H43NS/c1-50(2)45-25-31(32-11-10-24-53-30-32)18-20-37(45)38-22-23-51(3,29-47(38)50)33-19-21-48-40(26-33)41-27-46-39(28-49(41)54-48)36-14-6-9-17-44(36)52(46)42-15-7-4-12-34(42)35-13-5-8-16-43(35)52/h4,6-7,9-12,14-15,17-23,25-28,30,53H,5,8,13,16,24,29H2,1-3H3. The Balaban J connectivity index is 0.988. The Bertz CT molecular complexity index is 2850. The monoisotopic (exact) mass is 713 g/mol. The van der Waals surface area contributed by atoms with Gasteiger partial charge in [0.05, 0.1) is 5.41 Å². The molecule has 6 aliphatic rings. The van der Waals surface area contributed by atoms with Crippen molar-refractivity contribution < 1.29 is 0 Å². The topological polar surface area (TPSA) is 12.0 Å². The van der Waals surface area contributed by atoms with Crippen LogP contribution in [0.25, 0.3) is 48.0 Å². The van der Waals surface area contributed by atoms with Gasteiger partial charge >= 0.3 is 0 Å². The predicted octanol–water partition coefficient (Wildman–Crippen LogP) is 13.2. The number of dihydropyridines is 1. The smallest absolute Gasteiger partial charge is 0.0685 e. The number of rotatable bonds is 2. The molecule has 2 heterocycles. The molecule has 0 saturated heterocycles. The highest BCUT2D eigenvalue weighted by Crippen LogP contribution is 2.65. The van der Waals surface area contributed by atoms with E-state index in [-0.39, 0.29) is 16.2 Å². The van der Waals surface area contributed by atoms with Gasteiger partial charge in [0, 0.05) is 43.7 Å². The molecule has 1 aliphatic heterocycles. The van der Waals surface area contributed by atoms with Gasteiger partial charge in [-0.15, -0.1) is 11.3 Å². The van der Waals surface area contributed by atoms with Gasteiger partial charge in [-0.2, -0.15) is 0 Å². The molecule has 0 bridgehead atoms. The van der Waals surface area contributed by atoms with Crippen LogP contribution in [-0.2, 0) is 16.2 Å².